The summed E-state index contributed by atoms with van der Waals surface area (Å²) in [6.45, 7) is 1.98. The second kappa shape index (κ2) is 6.39. The largest absolute Gasteiger partial charge is 0.344 e. The SMILES string of the molecule is CCC(NC(=O)c1cccc(=O)[nH]1)c1ccc(Cl)cc1. The van der Waals surface area contributed by atoms with Crippen molar-refractivity contribution >= 4 is 17.5 Å². The summed E-state index contributed by atoms with van der Waals surface area (Å²) in [6, 6.07) is 11.7. The molecule has 0 fully saturated rings. The third-order valence-corrected chi connectivity index (χ3v) is 3.25. The van der Waals surface area contributed by atoms with Gasteiger partial charge in [0.2, 0.25) is 5.56 Å². The number of aromatic amines is 1. The monoisotopic (exact) mass is 290 g/mol. The van der Waals surface area contributed by atoms with Crippen molar-refractivity contribution in [3.8, 4) is 0 Å². The van der Waals surface area contributed by atoms with Crippen LogP contribution in [-0.2, 0) is 0 Å². The highest BCUT2D eigenvalue weighted by atomic mass is 35.5. The first kappa shape index (κ1) is 14.3. The number of nitrogens with one attached hydrogen (secondary N) is 2. The Kier molecular flexibility index (Phi) is 4.58. The molecular weight excluding hydrogens is 276 g/mol. The molecule has 1 aromatic carbocycles. The molecule has 0 bridgehead atoms. The van der Waals surface area contributed by atoms with Gasteiger partial charge < -0.3 is 10.3 Å². The molecular formula is C15H15ClN2O2. The van der Waals surface area contributed by atoms with Gasteiger partial charge in [-0.05, 0) is 30.2 Å². The highest BCUT2D eigenvalue weighted by Gasteiger charge is 2.14. The number of carbonyl (C=O) groups excluding carboxylic acids is 1. The van der Waals surface area contributed by atoms with E-state index in [0.717, 1.165) is 12.0 Å². The van der Waals surface area contributed by atoms with Crippen LogP contribution in [0.15, 0.2) is 47.3 Å². The molecule has 2 N–H and O–H groups in total. The molecule has 0 aliphatic heterocycles. The Labute approximate surface area is 121 Å². The molecule has 0 radical (unpaired) electrons. The lowest BCUT2D eigenvalue weighted by molar-refractivity contribution is 0.0930. The molecule has 1 heterocycles. The van der Waals surface area contributed by atoms with Crippen molar-refractivity contribution in [2.75, 3.05) is 0 Å². The van der Waals surface area contributed by atoms with Crippen LogP contribution in [0.3, 0.4) is 0 Å². The van der Waals surface area contributed by atoms with Gasteiger partial charge in [-0.3, -0.25) is 9.59 Å². The number of amides is 1. The van der Waals surface area contributed by atoms with Crippen molar-refractivity contribution in [2.45, 2.75) is 19.4 Å². The molecule has 0 spiro atoms. The minimum atomic E-state index is -0.301. The Bertz CT molecular complexity index is 649. The number of benzene rings is 1. The van der Waals surface area contributed by atoms with Crippen LogP contribution in [0.5, 0.6) is 0 Å². The molecule has 0 saturated heterocycles. The highest BCUT2D eigenvalue weighted by molar-refractivity contribution is 6.30. The van der Waals surface area contributed by atoms with E-state index in [1.807, 2.05) is 19.1 Å². The van der Waals surface area contributed by atoms with Gasteiger partial charge in [0, 0.05) is 11.1 Å². The number of rotatable bonds is 4. The Morgan fingerprint density at radius 1 is 1.25 bits per heavy atom. The number of pyridine rings is 1. The van der Waals surface area contributed by atoms with Crippen LogP contribution in [0.4, 0.5) is 0 Å². The molecule has 4 nitrogen and oxygen atoms in total. The Morgan fingerprint density at radius 2 is 1.95 bits per heavy atom. The van der Waals surface area contributed by atoms with Gasteiger partial charge in [0.15, 0.2) is 0 Å². The van der Waals surface area contributed by atoms with E-state index in [2.05, 4.69) is 10.3 Å². The smallest absolute Gasteiger partial charge is 0.268 e. The van der Waals surface area contributed by atoms with Gasteiger partial charge in [0.05, 0.1) is 6.04 Å². The van der Waals surface area contributed by atoms with Crippen molar-refractivity contribution in [3.05, 3.63) is 69.1 Å². The van der Waals surface area contributed by atoms with Crippen molar-refractivity contribution in [1.29, 1.82) is 0 Å². The topological polar surface area (TPSA) is 62.0 Å². The molecule has 0 aliphatic rings. The lowest BCUT2D eigenvalue weighted by atomic mass is 10.0. The maximum Gasteiger partial charge on any atom is 0.268 e. The van der Waals surface area contributed by atoms with E-state index in [4.69, 9.17) is 11.6 Å². The minimum absolute atomic E-state index is 0.122. The van der Waals surface area contributed by atoms with Crippen molar-refractivity contribution in [1.82, 2.24) is 10.3 Å². The second-order valence-electron chi connectivity index (χ2n) is 4.41. The highest BCUT2D eigenvalue weighted by Crippen LogP contribution is 2.19. The standard InChI is InChI=1S/C15H15ClN2O2/c1-2-12(10-6-8-11(16)9-7-10)18-15(20)13-4-3-5-14(19)17-13/h3-9,12H,2H2,1H3,(H,17,19)(H,18,20). The van der Waals surface area contributed by atoms with Crippen molar-refractivity contribution in [2.24, 2.45) is 0 Å². The summed E-state index contributed by atoms with van der Waals surface area (Å²) in [5.41, 5.74) is 0.936. The van der Waals surface area contributed by atoms with Gasteiger partial charge in [-0.25, -0.2) is 0 Å². The first-order valence-corrected chi connectivity index (χ1v) is 6.73. The van der Waals surface area contributed by atoms with E-state index in [1.165, 1.54) is 6.07 Å². The molecule has 1 unspecified atom stereocenters. The normalized spacial score (nSPS) is 11.9. The number of hydrogen-bond donors (Lipinski definition) is 2. The summed E-state index contributed by atoms with van der Waals surface area (Å²) in [7, 11) is 0. The zero-order valence-electron chi connectivity index (χ0n) is 11.0. The summed E-state index contributed by atoms with van der Waals surface area (Å²) in [4.78, 5) is 25.8. The zero-order chi connectivity index (χ0) is 14.5. The zero-order valence-corrected chi connectivity index (χ0v) is 11.8. The molecule has 1 atom stereocenters. The second-order valence-corrected chi connectivity index (χ2v) is 4.85. The fourth-order valence-corrected chi connectivity index (χ4v) is 2.06. The first-order chi connectivity index (χ1) is 9.60. The summed E-state index contributed by atoms with van der Waals surface area (Å²) >= 11 is 5.85. The quantitative estimate of drug-likeness (QED) is 0.909. The molecule has 2 rings (SSSR count). The van der Waals surface area contributed by atoms with Gasteiger partial charge >= 0.3 is 0 Å². The molecule has 1 amide bonds. The third-order valence-electron chi connectivity index (χ3n) is 3.00. The van der Waals surface area contributed by atoms with Crippen molar-refractivity contribution < 1.29 is 4.79 Å². The Balaban J connectivity index is 2.16. The van der Waals surface area contributed by atoms with Crippen molar-refractivity contribution in [3.63, 3.8) is 0 Å². The number of hydrogen-bond acceptors (Lipinski definition) is 2. The summed E-state index contributed by atoms with van der Waals surface area (Å²) in [6.07, 6.45) is 0.741. The van der Waals surface area contributed by atoms with Crippen LogP contribution in [0.2, 0.25) is 5.02 Å². The Morgan fingerprint density at radius 3 is 2.55 bits per heavy atom. The molecule has 20 heavy (non-hydrogen) atoms. The van der Waals surface area contributed by atoms with Gasteiger partial charge in [-0.15, -0.1) is 0 Å². The lowest BCUT2D eigenvalue weighted by Gasteiger charge is -2.17. The van der Waals surface area contributed by atoms with Gasteiger partial charge in [0.1, 0.15) is 5.69 Å². The fourth-order valence-electron chi connectivity index (χ4n) is 1.93. The van der Waals surface area contributed by atoms with Crippen LogP contribution in [-0.4, -0.2) is 10.9 Å². The molecule has 1 aromatic heterocycles. The maximum absolute atomic E-state index is 12.1. The molecule has 104 valence electrons. The van der Waals surface area contributed by atoms with Crippen LogP contribution in [0, 0.1) is 0 Å². The van der Waals surface area contributed by atoms with Crippen LogP contribution >= 0.6 is 11.6 Å². The van der Waals surface area contributed by atoms with E-state index < -0.39 is 0 Å². The number of halogens is 1. The number of carbonyl (C=O) groups is 1. The lowest BCUT2D eigenvalue weighted by Crippen LogP contribution is -2.30. The van der Waals surface area contributed by atoms with E-state index in [1.54, 1.807) is 24.3 Å². The molecule has 5 heteroatoms. The van der Waals surface area contributed by atoms with Gasteiger partial charge in [-0.1, -0.05) is 36.7 Å². The average molecular weight is 291 g/mol. The predicted octanol–water partition coefficient (Wildman–Crippen LogP) is 2.91. The summed E-state index contributed by atoms with van der Waals surface area (Å²) < 4.78 is 0. The van der Waals surface area contributed by atoms with Crippen LogP contribution in [0.1, 0.15) is 35.4 Å². The average Bonchev–Trinajstić information content (AvgIpc) is 2.45. The molecule has 0 saturated carbocycles. The van der Waals surface area contributed by atoms with E-state index in [-0.39, 0.29) is 23.2 Å². The summed E-state index contributed by atoms with van der Waals surface area (Å²) in [5, 5.41) is 3.55. The van der Waals surface area contributed by atoms with Gasteiger partial charge in [-0.2, -0.15) is 0 Å². The van der Waals surface area contributed by atoms with E-state index in [0.29, 0.717) is 5.02 Å². The third kappa shape index (κ3) is 3.48. The molecule has 0 aliphatic carbocycles. The fraction of sp³-hybridized carbons (Fsp3) is 0.200. The van der Waals surface area contributed by atoms with E-state index in [9.17, 15) is 9.59 Å². The van der Waals surface area contributed by atoms with Gasteiger partial charge in [0.25, 0.3) is 5.91 Å². The Hall–Kier alpha value is -2.07. The summed E-state index contributed by atoms with van der Waals surface area (Å²) in [5.74, 6) is -0.301. The van der Waals surface area contributed by atoms with Crippen LogP contribution < -0.4 is 10.9 Å². The molecule has 2 aromatic rings. The first-order valence-electron chi connectivity index (χ1n) is 6.36. The van der Waals surface area contributed by atoms with E-state index >= 15 is 0 Å². The predicted molar refractivity (Wildman–Crippen MR) is 79.0 cm³/mol. The minimum Gasteiger partial charge on any atom is -0.344 e. The number of aromatic nitrogens is 1. The maximum atomic E-state index is 12.1. The number of H-pyrrole nitrogens is 1. The van der Waals surface area contributed by atoms with Crippen LogP contribution in [0.25, 0.3) is 0 Å².